The van der Waals surface area contributed by atoms with Crippen LogP contribution in [0.15, 0.2) is 61.3 Å². The highest BCUT2D eigenvalue weighted by atomic mass is 16.2. The highest BCUT2D eigenvalue weighted by molar-refractivity contribution is 5.96. The summed E-state index contributed by atoms with van der Waals surface area (Å²) in [5.41, 5.74) is 4.09. The number of carbonyl (C=O) groups excluding carboxylic acids is 1. The van der Waals surface area contributed by atoms with Gasteiger partial charge in [-0.05, 0) is 35.9 Å². The van der Waals surface area contributed by atoms with E-state index in [-0.39, 0.29) is 5.91 Å². The third-order valence-electron chi connectivity index (χ3n) is 3.47. The Bertz CT molecular complexity index is 817. The van der Waals surface area contributed by atoms with Gasteiger partial charge in [0.05, 0.1) is 11.3 Å². The van der Waals surface area contributed by atoms with Crippen molar-refractivity contribution in [3.8, 4) is 22.4 Å². The van der Waals surface area contributed by atoms with Crippen molar-refractivity contribution >= 4 is 5.91 Å². The van der Waals surface area contributed by atoms with Crippen molar-refractivity contribution in [2.24, 2.45) is 0 Å². The first-order valence-corrected chi connectivity index (χ1v) is 7.19. The summed E-state index contributed by atoms with van der Waals surface area (Å²) in [5.74, 6) is -0.0782. The van der Waals surface area contributed by atoms with Crippen LogP contribution < -0.4 is 0 Å². The van der Waals surface area contributed by atoms with Crippen LogP contribution in [0.5, 0.6) is 0 Å². The predicted molar refractivity (Wildman–Crippen MR) is 88.7 cm³/mol. The molecule has 0 spiro atoms. The fourth-order valence-electron chi connectivity index (χ4n) is 2.32. The minimum Gasteiger partial charge on any atom is -0.345 e. The van der Waals surface area contributed by atoms with E-state index >= 15 is 0 Å². The van der Waals surface area contributed by atoms with Crippen molar-refractivity contribution in [1.82, 2.24) is 19.9 Å². The number of nitrogens with zero attached hydrogens (tertiary/aromatic N) is 4. The maximum Gasteiger partial charge on any atom is 0.254 e. The van der Waals surface area contributed by atoms with Gasteiger partial charge in [0.25, 0.3) is 5.91 Å². The van der Waals surface area contributed by atoms with Crippen molar-refractivity contribution in [1.29, 1.82) is 0 Å². The van der Waals surface area contributed by atoms with E-state index in [4.69, 9.17) is 0 Å². The summed E-state index contributed by atoms with van der Waals surface area (Å²) in [7, 11) is 3.45. The summed E-state index contributed by atoms with van der Waals surface area (Å²) >= 11 is 0. The Balaban J connectivity index is 2.19. The first-order chi connectivity index (χ1) is 11.2. The Morgan fingerprint density at radius 3 is 2.39 bits per heavy atom. The fraction of sp³-hybridized carbons (Fsp3) is 0.111. The smallest absolute Gasteiger partial charge is 0.254 e. The normalized spacial score (nSPS) is 10.3. The zero-order valence-corrected chi connectivity index (χ0v) is 13.0. The van der Waals surface area contributed by atoms with E-state index in [1.807, 2.05) is 30.3 Å². The summed E-state index contributed by atoms with van der Waals surface area (Å²) in [6, 6.07) is 9.49. The first-order valence-electron chi connectivity index (χ1n) is 7.19. The monoisotopic (exact) mass is 304 g/mol. The topological polar surface area (TPSA) is 59.0 Å². The lowest BCUT2D eigenvalue weighted by atomic mass is 9.99. The van der Waals surface area contributed by atoms with E-state index in [1.54, 1.807) is 45.1 Å². The van der Waals surface area contributed by atoms with E-state index in [9.17, 15) is 4.79 Å². The number of amides is 1. The molecule has 0 saturated heterocycles. The molecule has 0 aliphatic carbocycles. The highest BCUT2D eigenvalue weighted by Crippen LogP contribution is 2.30. The first kappa shape index (κ1) is 14.8. The minimum atomic E-state index is -0.0782. The van der Waals surface area contributed by atoms with Gasteiger partial charge >= 0.3 is 0 Å². The molecule has 0 N–H and O–H groups in total. The molecule has 0 fully saturated rings. The molecule has 3 aromatic heterocycles. The zero-order valence-electron chi connectivity index (χ0n) is 13.0. The Morgan fingerprint density at radius 1 is 0.957 bits per heavy atom. The average Bonchev–Trinajstić information content (AvgIpc) is 2.62. The zero-order chi connectivity index (χ0) is 16.2. The molecule has 0 unspecified atom stereocenters. The molecule has 3 aromatic rings. The molecule has 5 heteroatoms. The SMILES string of the molecule is CN(C)C(=O)c1cnc(-c2cccnc2)c(-c2ccncc2)c1. The molecular weight excluding hydrogens is 288 g/mol. The second-order valence-corrected chi connectivity index (χ2v) is 5.30. The molecule has 3 heterocycles. The van der Waals surface area contributed by atoms with Gasteiger partial charge in [-0.15, -0.1) is 0 Å². The lowest BCUT2D eigenvalue weighted by molar-refractivity contribution is 0.0827. The molecule has 0 aliphatic heterocycles. The van der Waals surface area contributed by atoms with Gasteiger partial charge in [-0.3, -0.25) is 19.7 Å². The van der Waals surface area contributed by atoms with E-state index in [1.165, 1.54) is 4.90 Å². The van der Waals surface area contributed by atoms with Gasteiger partial charge in [-0.1, -0.05) is 0 Å². The van der Waals surface area contributed by atoms with Gasteiger partial charge in [0.2, 0.25) is 0 Å². The van der Waals surface area contributed by atoms with Gasteiger partial charge < -0.3 is 4.90 Å². The fourth-order valence-corrected chi connectivity index (χ4v) is 2.32. The van der Waals surface area contributed by atoms with Crippen molar-refractivity contribution in [2.45, 2.75) is 0 Å². The summed E-state index contributed by atoms with van der Waals surface area (Å²) in [4.78, 5) is 26.5. The van der Waals surface area contributed by atoms with Crippen molar-refractivity contribution in [3.05, 3.63) is 66.9 Å². The molecule has 0 aromatic carbocycles. The minimum absolute atomic E-state index is 0.0782. The van der Waals surface area contributed by atoms with Gasteiger partial charge in [-0.25, -0.2) is 0 Å². The van der Waals surface area contributed by atoms with Gasteiger partial charge in [-0.2, -0.15) is 0 Å². The number of rotatable bonds is 3. The second kappa shape index (κ2) is 6.36. The van der Waals surface area contributed by atoms with Crippen molar-refractivity contribution in [3.63, 3.8) is 0 Å². The summed E-state index contributed by atoms with van der Waals surface area (Å²) in [5, 5.41) is 0. The number of pyridine rings is 3. The average molecular weight is 304 g/mol. The van der Waals surface area contributed by atoms with Crippen LogP contribution in [0.4, 0.5) is 0 Å². The van der Waals surface area contributed by atoms with Crippen LogP contribution in [-0.2, 0) is 0 Å². The third kappa shape index (κ3) is 3.08. The number of aromatic nitrogens is 3. The highest BCUT2D eigenvalue weighted by Gasteiger charge is 2.15. The van der Waals surface area contributed by atoms with Gasteiger partial charge in [0.15, 0.2) is 0 Å². The molecule has 3 rings (SSSR count). The Labute approximate surface area is 134 Å². The lowest BCUT2D eigenvalue weighted by Gasteiger charge is -2.14. The van der Waals surface area contributed by atoms with Crippen molar-refractivity contribution < 1.29 is 4.79 Å². The molecule has 0 aliphatic rings. The van der Waals surface area contributed by atoms with Crippen LogP contribution in [0.2, 0.25) is 0 Å². The van der Waals surface area contributed by atoms with Crippen LogP contribution in [0.25, 0.3) is 22.4 Å². The van der Waals surface area contributed by atoms with Crippen LogP contribution in [0.1, 0.15) is 10.4 Å². The number of hydrogen-bond acceptors (Lipinski definition) is 4. The molecule has 23 heavy (non-hydrogen) atoms. The Morgan fingerprint density at radius 2 is 1.74 bits per heavy atom. The molecule has 0 atom stereocenters. The number of carbonyl (C=O) groups is 1. The van der Waals surface area contributed by atoms with Crippen LogP contribution >= 0.6 is 0 Å². The Hall–Kier alpha value is -3.08. The van der Waals surface area contributed by atoms with Crippen molar-refractivity contribution in [2.75, 3.05) is 14.1 Å². The van der Waals surface area contributed by atoms with E-state index in [2.05, 4.69) is 15.0 Å². The van der Waals surface area contributed by atoms with Crippen LogP contribution in [0.3, 0.4) is 0 Å². The van der Waals surface area contributed by atoms with Gasteiger partial charge in [0, 0.05) is 56.2 Å². The molecule has 5 nitrogen and oxygen atoms in total. The third-order valence-corrected chi connectivity index (χ3v) is 3.47. The van der Waals surface area contributed by atoms with Gasteiger partial charge in [0.1, 0.15) is 0 Å². The molecule has 1 amide bonds. The summed E-state index contributed by atoms with van der Waals surface area (Å²) in [6.45, 7) is 0. The Kier molecular flexibility index (Phi) is 4.10. The van der Waals surface area contributed by atoms with E-state index in [0.717, 1.165) is 22.4 Å². The molecule has 114 valence electrons. The molecule has 0 saturated carbocycles. The maximum absolute atomic E-state index is 12.2. The predicted octanol–water partition coefficient (Wildman–Crippen LogP) is 2.91. The largest absolute Gasteiger partial charge is 0.345 e. The molecular formula is C18H16N4O. The van der Waals surface area contributed by atoms with Crippen LogP contribution in [0, 0.1) is 0 Å². The summed E-state index contributed by atoms with van der Waals surface area (Å²) in [6.07, 6.45) is 8.54. The van der Waals surface area contributed by atoms with Crippen LogP contribution in [-0.4, -0.2) is 39.9 Å². The van der Waals surface area contributed by atoms with E-state index < -0.39 is 0 Å². The quantitative estimate of drug-likeness (QED) is 0.746. The summed E-state index contributed by atoms with van der Waals surface area (Å²) < 4.78 is 0. The lowest BCUT2D eigenvalue weighted by Crippen LogP contribution is -2.21. The van der Waals surface area contributed by atoms with E-state index in [0.29, 0.717) is 5.56 Å². The number of hydrogen-bond donors (Lipinski definition) is 0. The standard InChI is InChI=1S/C18H16N4O/c1-22(2)18(23)15-10-16(13-5-8-19-9-6-13)17(21-12-15)14-4-3-7-20-11-14/h3-12H,1-2H3. The molecule has 0 bridgehead atoms. The second-order valence-electron chi connectivity index (χ2n) is 5.30. The maximum atomic E-state index is 12.2. The molecule has 0 radical (unpaired) electrons.